The maximum absolute atomic E-state index is 12.0. The number of fused-ring (bicyclic) bond motifs is 1. The van der Waals surface area contributed by atoms with Crippen LogP contribution in [0, 0.1) is 12.8 Å². The molecule has 1 amide bonds. The fourth-order valence-corrected chi connectivity index (χ4v) is 2.70. The molecule has 0 fully saturated rings. The molecule has 1 N–H and O–H groups in total. The molecule has 0 saturated heterocycles. The van der Waals surface area contributed by atoms with E-state index >= 15 is 0 Å². The summed E-state index contributed by atoms with van der Waals surface area (Å²) in [7, 11) is 0. The molecule has 1 aromatic heterocycles. The Morgan fingerprint density at radius 1 is 1.25 bits per heavy atom. The Morgan fingerprint density at radius 3 is 2.79 bits per heavy atom. The molecule has 0 spiro atoms. The molecule has 24 heavy (non-hydrogen) atoms. The third kappa shape index (κ3) is 3.60. The topological polar surface area (TPSA) is 55.1 Å². The third-order valence-corrected chi connectivity index (χ3v) is 3.95. The highest BCUT2D eigenvalue weighted by Gasteiger charge is 2.14. The fourth-order valence-electron chi connectivity index (χ4n) is 2.50. The van der Waals surface area contributed by atoms with Gasteiger partial charge in [0.25, 0.3) is 0 Å². The van der Waals surface area contributed by atoms with E-state index in [0.29, 0.717) is 40.1 Å². The van der Waals surface area contributed by atoms with Gasteiger partial charge in [-0.05, 0) is 48.7 Å². The van der Waals surface area contributed by atoms with Crippen molar-refractivity contribution in [2.24, 2.45) is 5.92 Å². The smallest absolute Gasteiger partial charge is 0.228 e. The van der Waals surface area contributed by atoms with Gasteiger partial charge in [0.1, 0.15) is 5.52 Å². The number of nitrogens with zero attached hydrogens (tertiary/aromatic N) is 1. The largest absolute Gasteiger partial charge is 0.436 e. The minimum atomic E-state index is -0.0218. The van der Waals surface area contributed by atoms with Crippen LogP contribution in [0.3, 0.4) is 0 Å². The normalized spacial score (nSPS) is 11.2. The zero-order valence-corrected chi connectivity index (χ0v) is 14.6. The van der Waals surface area contributed by atoms with Crippen LogP contribution in [0.4, 0.5) is 5.69 Å². The first kappa shape index (κ1) is 16.5. The molecule has 0 bridgehead atoms. The van der Waals surface area contributed by atoms with E-state index in [0.717, 1.165) is 11.1 Å². The maximum atomic E-state index is 12.0. The molecule has 4 nitrogen and oxygen atoms in total. The molecular formula is C19H19ClN2O2. The molecular weight excluding hydrogens is 324 g/mol. The molecule has 2 aromatic carbocycles. The van der Waals surface area contributed by atoms with Crippen molar-refractivity contribution in [3.63, 3.8) is 0 Å². The molecule has 0 aliphatic carbocycles. The second-order valence-electron chi connectivity index (χ2n) is 6.33. The van der Waals surface area contributed by atoms with E-state index in [-0.39, 0.29) is 5.91 Å². The summed E-state index contributed by atoms with van der Waals surface area (Å²) in [5.74, 6) is 0.726. The average molecular weight is 343 g/mol. The molecule has 0 atom stereocenters. The zero-order valence-electron chi connectivity index (χ0n) is 13.9. The van der Waals surface area contributed by atoms with E-state index in [1.54, 1.807) is 18.2 Å². The molecule has 0 saturated carbocycles. The number of anilines is 1. The molecule has 3 rings (SSSR count). The summed E-state index contributed by atoms with van der Waals surface area (Å²) in [5, 5.41) is 3.41. The number of rotatable bonds is 4. The Hall–Kier alpha value is -2.33. The number of oxazole rings is 1. The Bertz CT molecular complexity index is 900. The second kappa shape index (κ2) is 6.65. The Morgan fingerprint density at radius 2 is 2.04 bits per heavy atom. The molecule has 3 aromatic rings. The number of hydrogen-bond donors (Lipinski definition) is 1. The van der Waals surface area contributed by atoms with Gasteiger partial charge < -0.3 is 9.73 Å². The van der Waals surface area contributed by atoms with Crippen molar-refractivity contribution < 1.29 is 9.21 Å². The van der Waals surface area contributed by atoms with Gasteiger partial charge in [0.2, 0.25) is 11.8 Å². The van der Waals surface area contributed by atoms with Gasteiger partial charge in [-0.2, -0.15) is 0 Å². The minimum absolute atomic E-state index is 0.0218. The van der Waals surface area contributed by atoms with Crippen LogP contribution in [-0.4, -0.2) is 10.9 Å². The molecule has 1 heterocycles. The van der Waals surface area contributed by atoms with Crippen molar-refractivity contribution in [2.75, 3.05) is 5.32 Å². The molecule has 0 unspecified atom stereocenters. The maximum Gasteiger partial charge on any atom is 0.228 e. The van der Waals surface area contributed by atoms with Gasteiger partial charge in [-0.15, -0.1) is 0 Å². The molecule has 0 radical (unpaired) electrons. The first-order valence-electron chi connectivity index (χ1n) is 7.89. The Labute approximate surface area is 145 Å². The van der Waals surface area contributed by atoms with Crippen molar-refractivity contribution >= 4 is 34.3 Å². The second-order valence-corrected chi connectivity index (χ2v) is 6.74. The molecule has 0 aliphatic heterocycles. The number of benzene rings is 2. The first-order chi connectivity index (χ1) is 11.4. The lowest BCUT2D eigenvalue weighted by Gasteiger charge is -2.09. The van der Waals surface area contributed by atoms with Gasteiger partial charge in [0.05, 0.1) is 10.6 Å². The van der Waals surface area contributed by atoms with Crippen LogP contribution < -0.4 is 5.32 Å². The van der Waals surface area contributed by atoms with E-state index in [9.17, 15) is 4.79 Å². The third-order valence-electron chi connectivity index (χ3n) is 3.62. The monoisotopic (exact) mass is 342 g/mol. The predicted octanol–water partition coefficient (Wildman–Crippen LogP) is 5.44. The van der Waals surface area contributed by atoms with Crippen molar-refractivity contribution in [3.05, 3.63) is 47.0 Å². The summed E-state index contributed by atoms with van der Waals surface area (Å²) in [6.45, 7) is 6.02. The number of amides is 1. The number of hydrogen-bond acceptors (Lipinski definition) is 3. The van der Waals surface area contributed by atoms with Gasteiger partial charge in [-0.1, -0.05) is 31.5 Å². The molecule has 124 valence electrons. The first-order valence-corrected chi connectivity index (χ1v) is 8.27. The van der Waals surface area contributed by atoms with Crippen LogP contribution in [0.1, 0.15) is 25.8 Å². The zero-order chi connectivity index (χ0) is 17.3. The number of nitrogens with one attached hydrogen (secondary N) is 1. The summed E-state index contributed by atoms with van der Waals surface area (Å²) in [5.41, 5.74) is 3.95. The summed E-state index contributed by atoms with van der Waals surface area (Å²) in [6, 6.07) is 11.1. The van der Waals surface area contributed by atoms with Gasteiger partial charge in [-0.25, -0.2) is 4.98 Å². The van der Waals surface area contributed by atoms with Crippen LogP contribution in [0.15, 0.2) is 40.8 Å². The van der Waals surface area contributed by atoms with Crippen molar-refractivity contribution in [1.82, 2.24) is 4.98 Å². The van der Waals surface area contributed by atoms with Crippen LogP contribution in [0.25, 0.3) is 22.6 Å². The van der Waals surface area contributed by atoms with E-state index in [1.807, 2.05) is 39.0 Å². The van der Waals surface area contributed by atoms with Gasteiger partial charge >= 0.3 is 0 Å². The van der Waals surface area contributed by atoms with Crippen LogP contribution in [0.5, 0.6) is 0 Å². The quantitative estimate of drug-likeness (QED) is 0.686. The lowest BCUT2D eigenvalue weighted by molar-refractivity contribution is -0.116. The Kier molecular flexibility index (Phi) is 4.58. The summed E-state index contributed by atoms with van der Waals surface area (Å²) < 4.78 is 5.81. The lowest BCUT2D eigenvalue weighted by atomic mass is 10.1. The summed E-state index contributed by atoms with van der Waals surface area (Å²) >= 11 is 6.30. The van der Waals surface area contributed by atoms with Gasteiger partial charge in [0, 0.05) is 12.1 Å². The van der Waals surface area contributed by atoms with Crippen LogP contribution >= 0.6 is 11.6 Å². The van der Waals surface area contributed by atoms with Crippen molar-refractivity contribution in [2.45, 2.75) is 27.2 Å². The fraction of sp³-hybridized carbons (Fsp3) is 0.263. The highest BCUT2D eigenvalue weighted by molar-refractivity contribution is 6.33. The van der Waals surface area contributed by atoms with Gasteiger partial charge in [-0.3, -0.25) is 4.79 Å². The highest BCUT2D eigenvalue weighted by Crippen LogP contribution is 2.32. The van der Waals surface area contributed by atoms with Crippen molar-refractivity contribution in [1.29, 1.82) is 0 Å². The summed E-state index contributed by atoms with van der Waals surface area (Å²) in [4.78, 5) is 16.5. The highest BCUT2D eigenvalue weighted by atomic mass is 35.5. The predicted molar refractivity (Wildman–Crippen MR) is 97.3 cm³/mol. The number of aromatic nitrogens is 1. The van der Waals surface area contributed by atoms with E-state index in [4.69, 9.17) is 16.0 Å². The van der Waals surface area contributed by atoms with E-state index < -0.39 is 0 Å². The lowest BCUT2D eigenvalue weighted by Crippen LogP contribution is -2.13. The Balaban J connectivity index is 1.94. The van der Waals surface area contributed by atoms with E-state index in [2.05, 4.69) is 10.3 Å². The summed E-state index contributed by atoms with van der Waals surface area (Å²) in [6.07, 6.45) is 0.472. The number of carbonyl (C=O) groups excluding carboxylic acids is 1. The number of aryl methyl sites for hydroxylation is 1. The van der Waals surface area contributed by atoms with Gasteiger partial charge in [0.15, 0.2) is 5.58 Å². The average Bonchev–Trinajstić information content (AvgIpc) is 2.91. The van der Waals surface area contributed by atoms with Crippen LogP contribution in [-0.2, 0) is 4.79 Å². The molecule has 5 heteroatoms. The minimum Gasteiger partial charge on any atom is -0.436 e. The number of carbonyl (C=O) groups is 1. The van der Waals surface area contributed by atoms with E-state index in [1.165, 1.54) is 0 Å². The SMILES string of the molecule is Cc1ccc2oc(-c3cc(NC(=O)CC(C)C)ccc3Cl)nc2c1. The standard InChI is InChI=1S/C19H19ClN2O2/c1-11(2)8-18(23)21-13-5-6-15(20)14(10-13)19-22-16-9-12(3)4-7-17(16)24-19/h4-7,9-11H,8H2,1-3H3,(H,21,23). The van der Waals surface area contributed by atoms with Crippen molar-refractivity contribution in [3.8, 4) is 11.5 Å². The number of halogens is 1. The molecule has 0 aliphatic rings. The van der Waals surface area contributed by atoms with Crippen LogP contribution in [0.2, 0.25) is 5.02 Å².